The smallest absolute Gasteiger partial charge is 0.244 e. The van der Waals surface area contributed by atoms with Gasteiger partial charge in [0.15, 0.2) is 0 Å². The molecule has 3 heterocycles. The van der Waals surface area contributed by atoms with Crippen molar-refractivity contribution in [2.24, 2.45) is 0 Å². The van der Waals surface area contributed by atoms with Gasteiger partial charge in [0.25, 0.3) is 0 Å². The highest BCUT2D eigenvalue weighted by molar-refractivity contribution is 7.89. The summed E-state index contributed by atoms with van der Waals surface area (Å²) in [5.74, 6) is 0.901. The first-order valence-electron chi connectivity index (χ1n) is 9.75. The molecule has 1 saturated carbocycles. The van der Waals surface area contributed by atoms with Gasteiger partial charge in [-0.25, -0.2) is 13.4 Å². The molecular weight excluding hydrogens is 366 g/mol. The quantitative estimate of drug-likeness (QED) is 0.747. The molecule has 2 saturated heterocycles. The van der Waals surface area contributed by atoms with Gasteiger partial charge in [-0.1, -0.05) is 0 Å². The topological polar surface area (TPSA) is 85.9 Å². The second-order valence-corrected chi connectivity index (χ2v) is 9.51. The number of hydrogen-bond acceptors (Lipinski definition) is 6. The van der Waals surface area contributed by atoms with Crippen LogP contribution in [-0.4, -0.2) is 80.4 Å². The van der Waals surface area contributed by atoms with Crippen LogP contribution < -0.4 is 10.2 Å². The van der Waals surface area contributed by atoms with Gasteiger partial charge in [0, 0.05) is 51.5 Å². The van der Waals surface area contributed by atoms with E-state index in [0.717, 1.165) is 57.7 Å². The fourth-order valence-corrected chi connectivity index (χ4v) is 5.09. The number of aromatic nitrogens is 1. The van der Waals surface area contributed by atoms with E-state index in [0.29, 0.717) is 25.7 Å². The summed E-state index contributed by atoms with van der Waals surface area (Å²) in [7, 11) is -3.41. The summed E-state index contributed by atoms with van der Waals surface area (Å²) < 4.78 is 26.7. The van der Waals surface area contributed by atoms with Gasteiger partial charge in [-0.15, -0.1) is 0 Å². The fourth-order valence-electron chi connectivity index (χ4n) is 3.63. The van der Waals surface area contributed by atoms with Gasteiger partial charge in [-0.2, -0.15) is 4.31 Å². The van der Waals surface area contributed by atoms with Crippen LogP contribution in [0.5, 0.6) is 0 Å². The first-order chi connectivity index (χ1) is 13.0. The second-order valence-electron chi connectivity index (χ2n) is 7.57. The third kappa shape index (κ3) is 4.41. The Morgan fingerprint density at radius 2 is 1.78 bits per heavy atom. The highest BCUT2D eigenvalue weighted by atomic mass is 32.2. The van der Waals surface area contributed by atoms with E-state index in [-0.39, 0.29) is 10.8 Å². The van der Waals surface area contributed by atoms with Gasteiger partial charge in [0.2, 0.25) is 15.9 Å². The minimum absolute atomic E-state index is 0.112. The maximum absolute atomic E-state index is 12.6. The average molecular weight is 394 g/mol. The van der Waals surface area contributed by atoms with Gasteiger partial charge < -0.3 is 10.2 Å². The number of carbonyl (C=O) groups is 1. The fraction of sp³-hybridized carbons (Fsp3) is 0.667. The summed E-state index contributed by atoms with van der Waals surface area (Å²) in [4.78, 5) is 20.9. The summed E-state index contributed by atoms with van der Waals surface area (Å²) in [5, 5.41) is 3.02. The molecule has 4 rings (SSSR count). The number of piperazine rings is 1. The van der Waals surface area contributed by atoms with Crippen LogP contribution in [0.1, 0.15) is 25.7 Å². The Balaban J connectivity index is 1.31. The number of sulfonamides is 1. The SMILES string of the molecule is O=C(CN1CCN(c2ccc(S(=O)(=O)N3CCCC3)cn2)CC1)NC1CC1. The molecule has 148 valence electrons. The largest absolute Gasteiger partial charge is 0.354 e. The number of carbonyl (C=O) groups excluding carboxylic acids is 1. The third-order valence-electron chi connectivity index (χ3n) is 5.43. The van der Waals surface area contributed by atoms with Crippen LogP contribution >= 0.6 is 0 Å². The van der Waals surface area contributed by atoms with Crippen LogP contribution in [0.3, 0.4) is 0 Å². The van der Waals surface area contributed by atoms with Crippen molar-refractivity contribution in [2.45, 2.75) is 36.6 Å². The van der Waals surface area contributed by atoms with Crippen molar-refractivity contribution in [3.8, 4) is 0 Å². The van der Waals surface area contributed by atoms with Crippen molar-refractivity contribution in [3.63, 3.8) is 0 Å². The van der Waals surface area contributed by atoms with Crippen LogP contribution in [0.25, 0.3) is 0 Å². The summed E-state index contributed by atoms with van der Waals surface area (Å²) in [6, 6.07) is 3.85. The van der Waals surface area contributed by atoms with Crippen molar-refractivity contribution in [3.05, 3.63) is 18.3 Å². The molecule has 1 amide bonds. The van der Waals surface area contributed by atoms with Crippen molar-refractivity contribution in [1.29, 1.82) is 0 Å². The van der Waals surface area contributed by atoms with E-state index in [1.54, 1.807) is 12.1 Å². The normalized spacial score (nSPS) is 22.1. The van der Waals surface area contributed by atoms with Gasteiger partial charge in [0.05, 0.1) is 6.54 Å². The van der Waals surface area contributed by atoms with E-state index in [2.05, 4.69) is 20.1 Å². The lowest BCUT2D eigenvalue weighted by Gasteiger charge is -2.35. The van der Waals surface area contributed by atoms with E-state index in [9.17, 15) is 13.2 Å². The number of amides is 1. The molecule has 1 aromatic rings. The standard InChI is InChI=1S/C18H27N5O3S/c24-18(20-15-3-4-15)14-21-9-11-22(12-10-21)17-6-5-16(13-19-17)27(25,26)23-7-1-2-8-23/h5-6,13,15H,1-4,7-12,14H2,(H,20,24). The molecular formula is C18H27N5O3S. The first-order valence-corrected chi connectivity index (χ1v) is 11.2. The Morgan fingerprint density at radius 3 is 2.37 bits per heavy atom. The molecule has 2 aliphatic heterocycles. The van der Waals surface area contributed by atoms with Gasteiger partial charge in [-0.05, 0) is 37.8 Å². The van der Waals surface area contributed by atoms with E-state index in [1.165, 1.54) is 10.5 Å². The Labute approximate surface area is 160 Å². The number of anilines is 1. The zero-order chi connectivity index (χ0) is 18.9. The molecule has 3 aliphatic rings. The van der Waals surface area contributed by atoms with Gasteiger partial charge in [-0.3, -0.25) is 9.69 Å². The minimum Gasteiger partial charge on any atom is -0.354 e. The molecule has 0 spiro atoms. The molecule has 1 N–H and O–H groups in total. The molecule has 8 nitrogen and oxygen atoms in total. The molecule has 0 bridgehead atoms. The number of pyridine rings is 1. The Morgan fingerprint density at radius 1 is 1.07 bits per heavy atom. The molecule has 3 fully saturated rings. The van der Waals surface area contributed by atoms with Gasteiger partial charge >= 0.3 is 0 Å². The summed E-state index contributed by atoms with van der Waals surface area (Å²) >= 11 is 0. The molecule has 27 heavy (non-hydrogen) atoms. The van der Waals surface area contributed by atoms with Gasteiger partial charge in [0.1, 0.15) is 10.7 Å². The van der Waals surface area contributed by atoms with E-state index < -0.39 is 10.0 Å². The van der Waals surface area contributed by atoms with Crippen LogP contribution in [0.15, 0.2) is 23.2 Å². The third-order valence-corrected chi connectivity index (χ3v) is 7.31. The summed E-state index contributed by atoms with van der Waals surface area (Å²) in [5.41, 5.74) is 0. The van der Waals surface area contributed by atoms with Crippen LogP contribution in [-0.2, 0) is 14.8 Å². The zero-order valence-electron chi connectivity index (χ0n) is 15.5. The van der Waals surface area contributed by atoms with Crippen LogP contribution in [0.2, 0.25) is 0 Å². The van der Waals surface area contributed by atoms with Crippen LogP contribution in [0, 0.1) is 0 Å². The maximum Gasteiger partial charge on any atom is 0.244 e. The number of hydrogen-bond donors (Lipinski definition) is 1. The number of nitrogens with one attached hydrogen (secondary N) is 1. The molecule has 9 heteroatoms. The highest BCUT2D eigenvalue weighted by Gasteiger charge is 2.28. The molecule has 0 aromatic carbocycles. The second kappa shape index (κ2) is 7.73. The minimum atomic E-state index is -3.41. The molecule has 0 atom stereocenters. The molecule has 1 aliphatic carbocycles. The molecule has 1 aromatic heterocycles. The number of nitrogens with zero attached hydrogens (tertiary/aromatic N) is 4. The lowest BCUT2D eigenvalue weighted by Crippen LogP contribution is -2.50. The van der Waals surface area contributed by atoms with Crippen molar-refractivity contribution < 1.29 is 13.2 Å². The molecule has 0 unspecified atom stereocenters. The summed E-state index contributed by atoms with van der Waals surface area (Å²) in [6.45, 7) is 4.80. The molecule has 0 radical (unpaired) electrons. The predicted molar refractivity (Wildman–Crippen MR) is 102 cm³/mol. The van der Waals surface area contributed by atoms with Crippen molar-refractivity contribution in [2.75, 3.05) is 50.7 Å². The Kier molecular flexibility index (Phi) is 5.34. The van der Waals surface area contributed by atoms with E-state index in [1.807, 2.05) is 0 Å². The highest BCUT2D eigenvalue weighted by Crippen LogP contribution is 2.22. The summed E-state index contributed by atoms with van der Waals surface area (Å²) in [6.07, 6.45) is 5.53. The number of rotatable bonds is 6. The monoisotopic (exact) mass is 393 g/mol. The predicted octanol–water partition coefficient (Wildman–Crippen LogP) is 0.267. The van der Waals surface area contributed by atoms with Crippen LogP contribution in [0.4, 0.5) is 5.82 Å². The van der Waals surface area contributed by atoms with E-state index in [4.69, 9.17) is 0 Å². The Hall–Kier alpha value is -1.71. The first kappa shape index (κ1) is 18.6. The average Bonchev–Trinajstić information content (AvgIpc) is 3.30. The maximum atomic E-state index is 12.6. The van der Waals surface area contributed by atoms with Crippen molar-refractivity contribution in [1.82, 2.24) is 19.5 Å². The van der Waals surface area contributed by atoms with Crippen molar-refractivity contribution >= 4 is 21.7 Å². The zero-order valence-corrected chi connectivity index (χ0v) is 16.3. The Bertz CT molecular complexity index is 765. The lowest BCUT2D eigenvalue weighted by atomic mass is 10.3. The van der Waals surface area contributed by atoms with E-state index >= 15 is 0 Å². The lowest BCUT2D eigenvalue weighted by molar-refractivity contribution is -0.122.